The number of carbonyl (C=O) groups is 9. The summed E-state index contributed by atoms with van der Waals surface area (Å²) in [6, 6.07) is -0.0462. The number of aliphatic hydroxyl groups excluding tert-OH is 1. The van der Waals surface area contributed by atoms with E-state index in [4.69, 9.17) is 33.5 Å². The molecule has 2 amide bonds. The Labute approximate surface area is 457 Å². The average molecular weight is 1110 g/mol. The Hall–Kier alpha value is -4.01. The Bertz CT molecular complexity index is 1360. The summed E-state index contributed by atoms with van der Waals surface area (Å²) >= 11 is 0. The van der Waals surface area contributed by atoms with Crippen LogP contribution in [0.5, 0.6) is 0 Å². The quantitative estimate of drug-likeness (QED) is 0.0383. The number of ketones is 6. The van der Waals surface area contributed by atoms with Gasteiger partial charge in [0.2, 0.25) is 0 Å². The third kappa shape index (κ3) is 84.0. The summed E-state index contributed by atoms with van der Waals surface area (Å²) in [5.41, 5.74) is 10.7. The highest BCUT2D eigenvalue weighted by Crippen LogP contribution is 2.05. The molecule has 0 saturated carbocycles. The van der Waals surface area contributed by atoms with Gasteiger partial charge in [-0.25, -0.2) is 0 Å². The van der Waals surface area contributed by atoms with E-state index in [1.165, 1.54) is 25.7 Å². The second-order valence-corrected chi connectivity index (χ2v) is 17.5. The molecule has 23 heteroatoms. The van der Waals surface area contributed by atoms with Gasteiger partial charge in [0.1, 0.15) is 35.0 Å². The molecule has 0 aromatic heterocycles. The highest BCUT2D eigenvalue weighted by atomic mass is 16.5. The molecule has 452 valence electrons. The fraction of sp³-hybridized carbons (Fsp3) is 0.830. The van der Waals surface area contributed by atoms with E-state index in [1.807, 2.05) is 6.92 Å². The van der Waals surface area contributed by atoms with Crippen molar-refractivity contribution in [2.75, 3.05) is 148 Å². The van der Waals surface area contributed by atoms with Crippen LogP contribution in [-0.2, 0) is 76.3 Å². The molecular formula is C53H112N6O17+4. The minimum absolute atomic E-state index is 0.0297. The molecule has 0 aliphatic carbocycles. The first kappa shape index (κ1) is 85.9. The van der Waals surface area contributed by atoms with Gasteiger partial charge in [-0.2, -0.15) is 0 Å². The van der Waals surface area contributed by atoms with E-state index in [0.29, 0.717) is 58.7 Å². The number of unbranched alkanes of at least 4 members (excludes halogenated alkanes) is 3. The fourth-order valence-electron chi connectivity index (χ4n) is 5.23. The van der Waals surface area contributed by atoms with Crippen molar-refractivity contribution in [1.82, 2.24) is 9.80 Å². The number of amides is 2. The number of methoxy groups -OCH3 is 6. The number of aliphatic hydroxyl groups is 1. The van der Waals surface area contributed by atoms with Crippen molar-refractivity contribution in [3.8, 4) is 0 Å². The Balaban J connectivity index is -0.000000147. The van der Waals surface area contributed by atoms with Crippen LogP contribution in [0.1, 0.15) is 132 Å². The van der Waals surface area contributed by atoms with Gasteiger partial charge in [0.05, 0.1) is 52.5 Å². The smallest absolute Gasteiger partial charge is 0.302 e. The molecule has 0 aromatic carbocycles. The third-order valence-electron chi connectivity index (χ3n) is 10.0. The summed E-state index contributed by atoms with van der Waals surface area (Å²) in [6.45, 7) is 21.2. The molecule has 0 aromatic rings. The Kier molecular flexibility index (Phi) is 78.0. The summed E-state index contributed by atoms with van der Waals surface area (Å²) in [5, 5.41) is 10.5. The molecule has 2 atom stereocenters. The molecule has 0 aliphatic heterocycles. The zero-order valence-electron chi connectivity index (χ0n) is 50.0. The first-order chi connectivity index (χ1) is 35.9. The lowest BCUT2D eigenvalue weighted by molar-refractivity contribution is -0.655. The Morgan fingerprint density at radius 1 is 0.474 bits per heavy atom. The summed E-state index contributed by atoms with van der Waals surface area (Å²) in [7, 11) is 9.83. The van der Waals surface area contributed by atoms with Crippen LogP contribution in [-0.4, -0.2) is 221 Å². The van der Waals surface area contributed by atoms with Crippen molar-refractivity contribution in [3.05, 3.63) is 0 Å². The molecular weight excluding hydrogens is 993 g/mol. The molecule has 0 rings (SSSR count). The number of ether oxygens (including phenoxy) is 7. The van der Waals surface area contributed by atoms with Crippen LogP contribution in [0.25, 0.3) is 0 Å². The van der Waals surface area contributed by atoms with Crippen molar-refractivity contribution in [2.24, 2.45) is 5.92 Å². The van der Waals surface area contributed by atoms with E-state index in [9.17, 15) is 43.2 Å². The Morgan fingerprint density at radius 3 is 1.33 bits per heavy atom. The van der Waals surface area contributed by atoms with Gasteiger partial charge < -0.3 is 75.4 Å². The van der Waals surface area contributed by atoms with Crippen LogP contribution in [0.4, 0.5) is 0 Å². The topological polar surface area (TPSA) is 344 Å². The lowest BCUT2D eigenvalue weighted by atomic mass is 10.0. The molecule has 12 N–H and O–H groups in total. The number of hydrogen-bond donors (Lipinski definition) is 5. The van der Waals surface area contributed by atoms with Gasteiger partial charge in [-0.15, -0.1) is 0 Å². The lowest BCUT2D eigenvalue weighted by Gasteiger charge is -2.19. The number of Topliss-reactive ketones (excluding diaryl/α,β-unsaturated/α-hetero) is 6. The summed E-state index contributed by atoms with van der Waals surface area (Å²) in [4.78, 5) is 99.5. The second-order valence-electron chi connectivity index (χ2n) is 17.5. The zero-order chi connectivity index (χ0) is 60.0. The van der Waals surface area contributed by atoms with E-state index < -0.39 is 0 Å². The zero-order valence-corrected chi connectivity index (χ0v) is 50.0. The van der Waals surface area contributed by atoms with E-state index in [2.05, 4.69) is 27.3 Å². The van der Waals surface area contributed by atoms with Gasteiger partial charge in [-0.1, -0.05) is 6.92 Å². The van der Waals surface area contributed by atoms with Crippen molar-refractivity contribution >= 4 is 52.5 Å². The van der Waals surface area contributed by atoms with E-state index in [0.717, 1.165) is 97.3 Å². The van der Waals surface area contributed by atoms with Gasteiger partial charge in [-0.3, -0.25) is 38.4 Å². The number of quaternary nitrogens is 4. The van der Waals surface area contributed by atoms with Crippen LogP contribution in [0.15, 0.2) is 0 Å². The molecule has 0 aliphatic rings. The molecule has 0 radical (unpaired) electrons. The fourth-order valence-corrected chi connectivity index (χ4v) is 5.23. The molecule has 23 nitrogen and oxygen atoms in total. The number of nitrogens with zero attached hydrogens (tertiary/aromatic N) is 2. The average Bonchev–Trinajstić information content (AvgIpc) is 3.36. The van der Waals surface area contributed by atoms with Crippen LogP contribution in [0.2, 0.25) is 0 Å². The van der Waals surface area contributed by atoms with Crippen LogP contribution in [0.3, 0.4) is 0 Å². The predicted molar refractivity (Wildman–Crippen MR) is 291 cm³/mol. The van der Waals surface area contributed by atoms with Crippen molar-refractivity contribution < 1.29 is 104 Å². The van der Waals surface area contributed by atoms with Crippen molar-refractivity contribution in [3.63, 3.8) is 0 Å². The van der Waals surface area contributed by atoms with Gasteiger partial charge >= 0.3 is 5.97 Å². The number of hydrogen-bond acceptors (Lipinski definition) is 17. The standard InChI is InChI=1S/C9H18N2O3.C8H16N2O3.C8H16O2.2C7H15NO2.C7H14O3.C7H14O2/c1-8(12)3-4-11(5-6-14-2)9(13)7-10;1-7(11)6-10(3-4-13-2)8(12)5-9;1-7(8(2)9)5-4-6-10-3;1-7(9)3-4-8-5-6-10-2;1-6(9)7(8)4-3-5-10-2;1-7(9)10-6-4-2-3-5-8;1-7(8)5-3-4-6-9-2/h3-7,10H2,1-2H3;3-6,9H2,1-2H3;7H,4-6H2,1-3H3;8H,3-6H2,1-2H3;7H,3-5,8H2,1-2H3;8H,2-6H2,1H3;3-6H2,1-2H3/p+4. The molecule has 0 heterocycles. The number of carbonyl (C=O) groups excluding carboxylic acids is 9. The van der Waals surface area contributed by atoms with Crippen molar-refractivity contribution in [1.29, 1.82) is 0 Å². The maximum Gasteiger partial charge on any atom is 0.302 e. The van der Waals surface area contributed by atoms with Gasteiger partial charge in [-0.05, 0) is 86.0 Å². The summed E-state index contributed by atoms with van der Waals surface area (Å²) in [6.07, 6.45) is 9.97. The van der Waals surface area contributed by atoms with Crippen molar-refractivity contribution in [2.45, 2.75) is 138 Å². The molecule has 0 spiro atoms. The second kappa shape index (κ2) is 69.0. The monoisotopic (exact) mass is 1100 g/mol. The summed E-state index contributed by atoms with van der Waals surface area (Å²) in [5.74, 6) is 0.837. The number of esters is 1. The van der Waals surface area contributed by atoms with E-state index >= 15 is 0 Å². The number of nitrogens with two attached hydrogens (primary N) is 1. The van der Waals surface area contributed by atoms with Gasteiger partial charge in [0.25, 0.3) is 11.8 Å². The summed E-state index contributed by atoms with van der Waals surface area (Å²) < 4.78 is 33.7. The van der Waals surface area contributed by atoms with Crippen LogP contribution >= 0.6 is 0 Å². The molecule has 0 fully saturated rings. The minimum atomic E-state index is -0.232. The SMILES string of the molecule is CC(=O)OCCCCCO.COCCCC(C)C(C)=O.COCCCC([NH3+])C(C)=O.COCCCCC(C)=O.COCCN(CC(C)=O)C(=O)C[NH3+].COCCN(CCC(C)=O)C(=O)C[NH3+].COCC[NH2+]CCC(C)=O. The van der Waals surface area contributed by atoms with E-state index in [-0.39, 0.29) is 90.7 Å². The maximum absolute atomic E-state index is 11.3. The highest BCUT2D eigenvalue weighted by molar-refractivity contribution is 5.85. The van der Waals surface area contributed by atoms with Gasteiger partial charge in [0.15, 0.2) is 18.9 Å². The maximum atomic E-state index is 11.3. The predicted octanol–water partition coefficient (Wildman–Crippen LogP) is -0.495. The highest BCUT2D eigenvalue weighted by Gasteiger charge is 2.15. The molecule has 2 unspecified atom stereocenters. The van der Waals surface area contributed by atoms with E-state index in [1.54, 1.807) is 75.3 Å². The Morgan fingerprint density at radius 2 is 0.921 bits per heavy atom. The van der Waals surface area contributed by atoms with Crippen LogP contribution in [0, 0.1) is 5.92 Å². The van der Waals surface area contributed by atoms with Gasteiger partial charge in [0, 0.05) is 128 Å². The molecule has 0 saturated heterocycles. The molecule has 0 bridgehead atoms. The first-order valence-corrected chi connectivity index (χ1v) is 26.4. The lowest BCUT2D eigenvalue weighted by Crippen LogP contribution is -2.85. The third-order valence-corrected chi connectivity index (χ3v) is 10.0. The molecule has 76 heavy (non-hydrogen) atoms. The largest absolute Gasteiger partial charge is 0.466 e. The normalized spacial score (nSPS) is 10.6. The minimum Gasteiger partial charge on any atom is -0.466 e. The number of rotatable bonds is 39. The first-order valence-electron chi connectivity index (χ1n) is 26.4. The van der Waals surface area contributed by atoms with Crippen LogP contribution < -0.4 is 22.5 Å².